The Morgan fingerprint density at radius 3 is 2.35 bits per heavy atom. The van der Waals surface area contributed by atoms with Crippen LogP contribution in [0.15, 0.2) is 36.7 Å². The summed E-state index contributed by atoms with van der Waals surface area (Å²) in [6.07, 6.45) is 6.25. The van der Waals surface area contributed by atoms with Crippen molar-refractivity contribution in [3.8, 4) is 0 Å². The van der Waals surface area contributed by atoms with Gasteiger partial charge in [0.15, 0.2) is 0 Å². The summed E-state index contributed by atoms with van der Waals surface area (Å²) in [5.74, 6) is 1.84. The second kappa shape index (κ2) is 7.58. The third-order valence-corrected chi connectivity index (χ3v) is 5.73. The van der Waals surface area contributed by atoms with E-state index in [0.29, 0.717) is 17.8 Å². The average molecular weight is 355 g/mol. The lowest BCUT2D eigenvalue weighted by Crippen LogP contribution is -2.40. The number of nitrogens with two attached hydrogens (primary N) is 1. The summed E-state index contributed by atoms with van der Waals surface area (Å²) in [6.45, 7) is 4.22. The number of halogens is 1. The molecular weight excluding hydrogens is 329 g/mol. The molecule has 0 aliphatic carbocycles. The molecule has 2 aliphatic rings. The Hall–Kier alpha value is -2.21. The number of anilines is 2. The minimum absolute atomic E-state index is 0.162. The molecule has 3 heterocycles. The first-order valence-electron chi connectivity index (χ1n) is 9.53. The first kappa shape index (κ1) is 17.2. The van der Waals surface area contributed by atoms with Crippen molar-refractivity contribution in [1.29, 1.82) is 0 Å². The molecule has 138 valence electrons. The molecule has 2 saturated heterocycles. The van der Waals surface area contributed by atoms with Gasteiger partial charge in [-0.25, -0.2) is 14.4 Å². The molecule has 2 aromatic rings. The molecule has 6 heteroatoms. The molecule has 2 fully saturated rings. The monoisotopic (exact) mass is 355 g/mol. The number of rotatable bonds is 4. The zero-order valence-corrected chi connectivity index (χ0v) is 15.0. The van der Waals surface area contributed by atoms with Gasteiger partial charge in [-0.2, -0.15) is 0 Å². The van der Waals surface area contributed by atoms with Gasteiger partial charge in [0.25, 0.3) is 0 Å². The summed E-state index contributed by atoms with van der Waals surface area (Å²) >= 11 is 0. The quantitative estimate of drug-likeness (QED) is 0.912. The lowest BCUT2D eigenvalue weighted by molar-refractivity contribution is 0.153. The normalized spacial score (nSPS) is 20.4. The highest BCUT2D eigenvalue weighted by Gasteiger charge is 2.33. The summed E-state index contributed by atoms with van der Waals surface area (Å²) in [4.78, 5) is 13.2. The van der Waals surface area contributed by atoms with E-state index in [0.717, 1.165) is 44.8 Å². The fraction of sp³-hybridized carbons (Fsp3) is 0.500. The van der Waals surface area contributed by atoms with Gasteiger partial charge < -0.3 is 10.6 Å². The van der Waals surface area contributed by atoms with Gasteiger partial charge in [-0.1, -0.05) is 12.1 Å². The molecule has 1 aromatic heterocycles. The Kier molecular flexibility index (Phi) is 5.02. The van der Waals surface area contributed by atoms with E-state index in [1.54, 1.807) is 12.1 Å². The van der Waals surface area contributed by atoms with E-state index < -0.39 is 0 Å². The molecule has 0 bridgehead atoms. The molecule has 0 saturated carbocycles. The molecule has 0 amide bonds. The number of nitrogens with zero attached hydrogens (tertiary/aromatic N) is 4. The van der Waals surface area contributed by atoms with Crippen LogP contribution in [0.25, 0.3) is 0 Å². The van der Waals surface area contributed by atoms with E-state index in [4.69, 9.17) is 5.73 Å². The molecule has 1 atom stereocenters. The average Bonchev–Trinajstić information content (AvgIpc) is 3.18. The fourth-order valence-corrected chi connectivity index (χ4v) is 4.44. The first-order valence-corrected chi connectivity index (χ1v) is 9.53. The molecule has 1 aromatic carbocycles. The maximum Gasteiger partial charge on any atom is 0.134 e. The highest BCUT2D eigenvalue weighted by atomic mass is 19.1. The Bertz CT molecular complexity index is 721. The standard InChI is InChI=1S/C20H26FN5/c21-17-5-3-15(4-6-17)20(26-9-1-2-10-26)16-7-11-25(12-8-16)19-13-18(22)23-14-24-19/h3-6,13-14,16,20H,1-2,7-12H2,(H2,22,23,24). The van der Waals surface area contributed by atoms with Gasteiger partial charge >= 0.3 is 0 Å². The van der Waals surface area contributed by atoms with Crippen LogP contribution in [-0.4, -0.2) is 41.0 Å². The zero-order chi connectivity index (χ0) is 17.9. The van der Waals surface area contributed by atoms with Gasteiger partial charge in [-0.15, -0.1) is 0 Å². The molecule has 2 aliphatic heterocycles. The van der Waals surface area contributed by atoms with Crippen LogP contribution in [0.2, 0.25) is 0 Å². The van der Waals surface area contributed by atoms with Crippen LogP contribution in [0, 0.1) is 11.7 Å². The molecule has 26 heavy (non-hydrogen) atoms. The highest BCUT2D eigenvalue weighted by molar-refractivity contribution is 5.46. The zero-order valence-electron chi connectivity index (χ0n) is 15.0. The number of aromatic nitrogens is 2. The molecule has 5 nitrogen and oxygen atoms in total. The van der Waals surface area contributed by atoms with Gasteiger partial charge in [0.1, 0.15) is 23.8 Å². The van der Waals surface area contributed by atoms with Gasteiger partial charge in [-0.3, -0.25) is 4.90 Å². The van der Waals surface area contributed by atoms with Crippen molar-refractivity contribution >= 4 is 11.6 Å². The van der Waals surface area contributed by atoms with E-state index in [2.05, 4.69) is 19.8 Å². The third-order valence-electron chi connectivity index (χ3n) is 5.73. The van der Waals surface area contributed by atoms with Crippen LogP contribution >= 0.6 is 0 Å². The maximum atomic E-state index is 13.4. The Morgan fingerprint density at radius 2 is 1.69 bits per heavy atom. The minimum atomic E-state index is -0.162. The summed E-state index contributed by atoms with van der Waals surface area (Å²) < 4.78 is 13.4. The highest BCUT2D eigenvalue weighted by Crippen LogP contribution is 2.38. The van der Waals surface area contributed by atoms with Crippen LogP contribution in [0.3, 0.4) is 0 Å². The Morgan fingerprint density at radius 1 is 1.00 bits per heavy atom. The minimum Gasteiger partial charge on any atom is -0.384 e. The second-order valence-electron chi connectivity index (χ2n) is 7.37. The molecule has 2 N–H and O–H groups in total. The molecule has 0 radical (unpaired) electrons. The molecule has 4 rings (SSSR count). The third kappa shape index (κ3) is 3.65. The largest absolute Gasteiger partial charge is 0.384 e. The second-order valence-corrected chi connectivity index (χ2v) is 7.37. The van der Waals surface area contributed by atoms with Crippen LogP contribution in [0.5, 0.6) is 0 Å². The van der Waals surface area contributed by atoms with Crippen LogP contribution in [-0.2, 0) is 0 Å². The van der Waals surface area contributed by atoms with E-state index in [-0.39, 0.29) is 5.82 Å². The van der Waals surface area contributed by atoms with E-state index in [1.807, 2.05) is 18.2 Å². The number of likely N-dealkylation sites (tertiary alicyclic amines) is 1. The number of nitrogen functional groups attached to an aromatic ring is 1. The first-order chi connectivity index (χ1) is 12.7. The van der Waals surface area contributed by atoms with Gasteiger partial charge in [0.05, 0.1) is 0 Å². The fourth-order valence-electron chi connectivity index (χ4n) is 4.44. The van der Waals surface area contributed by atoms with Crippen LogP contribution in [0.1, 0.15) is 37.3 Å². The van der Waals surface area contributed by atoms with E-state index in [9.17, 15) is 4.39 Å². The molecule has 1 unspecified atom stereocenters. The molecule has 0 spiro atoms. The number of hydrogen-bond acceptors (Lipinski definition) is 5. The Labute approximate surface area is 154 Å². The molecular formula is C20H26FN5. The Balaban J connectivity index is 1.49. The lowest BCUT2D eigenvalue weighted by Gasteiger charge is -2.40. The van der Waals surface area contributed by atoms with Crippen molar-refractivity contribution < 1.29 is 4.39 Å². The van der Waals surface area contributed by atoms with Gasteiger partial charge in [0.2, 0.25) is 0 Å². The topological polar surface area (TPSA) is 58.3 Å². The summed E-state index contributed by atoms with van der Waals surface area (Å²) in [5, 5.41) is 0. The van der Waals surface area contributed by atoms with Crippen molar-refractivity contribution in [2.24, 2.45) is 5.92 Å². The number of piperidine rings is 1. The van der Waals surface area contributed by atoms with Gasteiger partial charge in [0, 0.05) is 25.2 Å². The SMILES string of the molecule is Nc1cc(N2CCC(C(c3ccc(F)cc3)N3CCCC3)CC2)ncn1. The predicted molar refractivity (Wildman–Crippen MR) is 101 cm³/mol. The number of hydrogen-bond donors (Lipinski definition) is 1. The summed E-state index contributed by atoms with van der Waals surface area (Å²) in [7, 11) is 0. The van der Waals surface area contributed by atoms with E-state index >= 15 is 0 Å². The lowest BCUT2D eigenvalue weighted by atomic mass is 9.84. The van der Waals surface area contributed by atoms with Crippen molar-refractivity contribution in [2.45, 2.75) is 31.7 Å². The number of benzene rings is 1. The van der Waals surface area contributed by atoms with Crippen LogP contribution < -0.4 is 10.6 Å². The predicted octanol–water partition coefficient (Wildman–Crippen LogP) is 3.25. The summed E-state index contributed by atoms with van der Waals surface area (Å²) in [5.41, 5.74) is 7.04. The van der Waals surface area contributed by atoms with Crippen molar-refractivity contribution in [2.75, 3.05) is 36.8 Å². The van der Waals surface area contributed by atoms with Crippen molar-refractivity contribution in [3.63, 3.8) is 0 Å². The smallest absolute Gasteiger partial charge is 0.134 e. The van der Waals surface area contributed by atoms with Gasteiger partial charge in [-0.05, 0) is 62.4 Å². The van der Waals surface area contributed by atoms with E-state index in [1.165, 1.54) is 24.7 Å². The summed E-state index contributed by atoms with van der Waals surface area (Å²) in [6, 6.07) is 9.36. The van der Waals surface area contributed by atoms with Crippen molar-refractivity contribution in [1.82, 2.24) is 14.9 Å². The van der Waals surface area contributed by atoms with Crippen molar-refractivity contribution in [3.05, 3.63) is 48.0 Å². The maximum absolute atomic E-state index is 13.4. The van der Waals surface area contributed by atoms with Crippen LogP contribution in [0.4, 0.5) is 16.0 Å².